The number of nitrogens with one attached hydrogen (secondary N) is 1. The zero-order valence-corrected chi connectivity index (χ0v) is 13.5. The first-order chi connectivity index (χ1) is 11.6. The summed E-state index contributed by atoms with van der Waals surface area (Å²) in [7, 11) is 0. The molecule has 2 aliphatic heterocycles. The van der Waals surface area contributed by atoms with Crippen LogP contribution in [-0.4, -0.2) is 31.2 Å². The number of hydrogen-bond acceptors (Lipinski definition) is 4. The third kappa shape index (κ3) is 3.47. The molecule has 1 aromatic rings. The maximum absolute atomic E-state index is 14.5. The topological polar surface area (TPSA) is 66.5 Å². The summed E-state index contributed by atoms with van der Waals surface area (Å²) in [6.45, 7) is 1.60. The average Bonchev–Trinajstić information content (AvgIpc) is 2.56. The van der Waals surface area contributed by atoms with Crippen LogP contribution in [0.25, 0.3) is 0 Å². The number of aldehydes is 1. The minimum atomic E-state index is -0.602. The van der Waals surface area contributed by atoms with Crippen LogP contribution < -0.4 is 10.2 Å². The lowest BCUT2D eigenvalue weighted by Crippen LogP contribution is -2.39. The molecule has 128 valence electrons. The van der Waals surface area contributed by atoms with Crippen molar-refractivity contribution in [1.82, 2.24) is 5.32 Å². The number of rotatable bonds is 4. The molecule has 6 heteroatoms. The van der Waals surface area contributed by atoms with Crippen molar-refractivity contribution in [3.8, 4) is 0 Å². The molecule has 0 radical (unpaired) electrons. The van der Waals surface area contributed by atoms with Crippen LogP contribution in [0.4, 0.5) is 10.1 Å². The van der Waals surface area contributed by atoms with E-state index in [0.29, 0.717) is 24.3 Å². The minimum absolute atomic E-state index is 0.238. The fraction of sp³-hybridized carbons (Fsp3) is 0.500. The van der Waals surface area contributed by atoms with Gasteiger partial charge in [-0.3, -0.25) is 14.9 Å². The van der Waals surface area contributed by atoms with E-state index in [-0.39, 0.29) is 12.3 Å². The van der Waals surface area contributed by atoms with Crippen molar-refractivity contribution < 1.29 is 18.8 Å². The monoisotopic (exact) mass is 332 g/mol. The molecule has 5 nitrogen and oxygen atoms in total. The smallest absolute Gasteiger partial charge is 0.234 e. The molecule has 0 aliphatic carbocycles. The van der Waals surface area contributed by atoms with E-state index in [1.807, 2.05) is 6.07 Å². The van der Waals surface area contributed by atoms with Crippen molar-refractivity contribution in [2.45, 2.75) is 38.0 Å². The Labute approximate surface area is 140 Å². The molecule has 2 saturated heterocycles. The van der Waals surface area contributed by atoms with Gasteiger partial charge in [0.1, 0.15) is 12.1 Å². The molecule has 2 heterocycles. The molecule has 0 unspecified atom stereocenters. The highest BCUT2D eigenvalue weighted by Crippen LogP contribution is 2.31. The van der Waals surface area contributed by atoms with Crippen LogP contribution in [0.2, 0.25) is 0 Å². The Bertz CT molecular complexity index is 654. The number of carbonyl (C=O) groups is 3. The molecule has 2 fully saturated rings. The number of imide groups is 1. The van der Waals surface area contributed by atoms with Crippen molar-refractivity contribution in [2.75, 3.05) is 18.0 Å². The number of nitrogens with zero attached hydrogens (tertiary/aromatic N) is 1. The Morgan fingerprint density at radius 2 is 1.96 bits per heavy atom. The van der Waals surface area contributed by atoms with Gasteiger partial charge in [-0.2, -0.15) is 0 Å². The van der Waals surface area contributed by atoms with Crippen molar-refractivity contribution in [1.29, 1.82) is 0 Å². The number of carbonyl (C=O) groups excluding carboxylic acids is 3. The van der Waals surface area contributed by atoms with Gasteiger partial charge in [0.05, 0.1) is 5.92 Å². The van der Waals surface area contributed by atoms with E-state index >= 15 is 0 Å². The van der Waals surface area contributed by atoms with Crippen LogP contribution in [0.3, 0.4) is 0 Å². The summed E-state index contributed by atoms with van der Waals surface area (Å²) < 4.78 is 14.5. The lowest BCUT2D eigenvalue weighted by Gasteiger charge is -2.33. The lowest BCUT2D eigenvalue weighted by molar-refractivity contribution is -0.134. The molecule has 0 saturated carbocycles. The summed E-state index contributed by atoms with van der Waals surface area (Å²) in [5.41, 5.74) is 1.15. The van der Waals surface area contributed by atoms with Crippen LogP contribution in [0, 0.1) is 11.7 Å². The molecule has 1 N–H and O–H groups in total. The Balaban J connectivity index is 1.70. The van der Waals surface area contributed by atoms with Crippen molar-refractivity contribution in [2.24, 2.45) is 5.92 Å². The summed E-state index contributed by atoms with van der Waals surface area (Å²) in [4.78, 5) is 35.8. The lowest BCUT2D eigenvalue weighted by atomic mass is 9.89. The van der Waals surface area contributed by atoms with Crippen LogP contribution in [0.1, 0.15) is 43.6 Å². The largest absolute Gasteiger partial charge is 0.371 e. The maximum Gasteiger partial charge on any atom is 0.234 e. The number of anilines is 1. The fourth-order valence-corrected chi connectivity index (χ4v) is 3.55. The van der Waals surface area contributed by atoms with E-state index < -0.39 is 17.6 Å². The average molecular weight is 332 g/mol. The normalized spacial score (nSPS) is 22.4. The maximum atomic E-state index is 14.5. The van der Waals surface area contributed by atoms with Crippen LogP contribution in [0.5, 0.6) is 0 Å². The van der Waals surface area contributed by atoms with Gasteiger partial charge in [0.15, 0.2) is 0 Å². The summed E-state index contributed by atoms with van der Waals surface area (Å²) in [6.07, 6.45) is 4.00. The van der Waals surface area contributed by atoms with E-state index in [4.69, 9.17) is 0 Å². The molecular formula is C18H21FN2O3. The van der Waals surface area contributed by atoms with Gasteiger partial charge in [0, 0.05) is 37.2 Å². The predicted molar refractivity (Wildman–Crippen MR) is 87.1 cm³/mol. The standard InChI is InChI=1S/C18H21FN2O3/c19-16-11-13(21-8-5-12(6-9-21)7-10-22)1-2-14(16)15-3-4-17(23)20-18(15)24/h1-2,10-12,15H,3-9H2,(H,20,23,24)/t15-/m0/s1. The highest BCUT2D eigenvalue weighted by atomic mass is 19.1. The Hall–Kier alpha value is -2.24. The SMILES string of the molecule is O=CCC1CCN(c2ccc([C@@H]3CCC(=O)NC3=O)c(F)c2)CC1. The molecule has 1 atom stereocenters. The van der Waals surface area contributed by atoms with Gasteiger partial charge in [-0.05, 0) is 37.3 Å². The van der Waals surface area contributed by atoms with E-state index in [9.17, 15) is 18.8 Å². The zero-order valence-electron chi connectivity index (χ0n) is 13.5. The molecular weight excluding hydrogens is 311 g/mol. The third-order valence-electron chi connectivity index (χ3n) is 5.01. The number of benzene rings is 1. The highest BCUT2D eigenvalue weighted by Gasteiger charge is 2.30. The van der Waals surface area contributed by atoms with Crippen LogP contribution in [0.15, 0.2) is 18.2 Å². The highest BCUT2D eigenvalue weighted by molar-refractivity contribution is 6.01. The second kappa shape index (κ2) is 7.11. The van der Waals surface area contributed by atoms with Crippen molar-refractivity contribution >= 4 is 23.8 Å². The van der Waals surface area contributed by atoms with E-state index in [0.717, 1.165) is 37.9 Å². The Morgan fingerprint density at radius 1 is 1.21 bits per heavy atom. The number of amides is 2. The third-order valence-corrected chi connectivity index (χ3v) is 5.01. The van der Waals surface area contributed by atoms with Gasteiger partial charge in [0.2, 0.25) is 11.8 Å². The Morgan fingerprint density at radius 3 is 2.58 bits per heavy atom. The summed E-state index contributed by atoms with van der Waals surface area (Å²) in [5, 5.41) is 2.27. The van der Waals surface area contributed by atoms with Crippen LogP contribution in [-0.2, 0) is 14.4 Å². The molecule has 0 spiro atoms. The van der Waals surface area contributed by atoms with Gasteiger partial charge in [-0.1, -0.05) is 6.07 Å². The second-order valence-corrected chi connectivity index (χ2v) is 6.54. The first kappa shape index (κ1) is 16.6. The van der Waals surface area contributed by atoms with E-state index in [1.165, 1.54) is 6.07 Å². The number of halogens is 1. The molecule has 24 heavy (non-hydrogen) atoms. The summed E-state index contributed by atoms with van der Waals surface area (Å²) in [5.74, 6) is -1.31. The van der Waals surface area contributed by atoms with E-state index in [1.54, 1.807) is 6.07 Å². The predicted octanol–water partition coefficient (Wildman–Crippen LogP) is 2.15. The van der Waals surface area contributed by atoms with Crippen molar-refractivity contribution in [3.05, 3.63) is 29.6 Å². The number of piperidine rings is 2. The van der Waals surface area contributed by atoms with E-state index in [2.05, 4.69) is 10.2 Å². The van der Waals surface area contributed by atoms with Gasteiger partial charge in [-0.15, -0.1) is 0 Å². The van der Waals surface area contributed by atoms with Gasteiger partial charge in [-0.25, -0.2) is 4.39 Å². The minimum Gasteiger partial charge on any atom is -0.371 e. The molecule has 0 aromatic heterocycles. The van der Waals surface area contributed by atoms with Crippen LogP contribution >= 0.6 is 0 Å². The molecule has 0 bridgehead atoms. The summed E-state index contributed by atoms with van der Waals surface area (Å²) >= 11 is 0. The zero-order chi connectivity index (χ0) is 17.1. The van der Waals surface area contributed by atoms with Gasteiger partial charge in [0.25, 0.3) is 0 Å². The van der Waals surface area contributed by atoms with Gasteiger partial charge < -0.3 is 9.69 Å². The quantitative estimate of drug-likeness (QED) is 0.678. The Kier molecular flexibility index (Phi) is 4.92. The first-order valence-corrected chi connectivity index (χ1v) is 8.40. The molecule has 3 rings (SSSR count). The second-order valence-electron chi connectivity index (χ2n) is 6.54. The van der Waals surface area contributed by atoms with Gasteiger partial charge >= 0.3 is 0 Å². The number of hydrogen-bond donors (Lipinski definition) is 1. The molecule has 2 amide bonds. The summed E-state index contributed by atoms with van der Waals surface area (Å²) in [6, 6.07) is 4.96. The molecule has 1 aromatic carbocycles. The first-order valence-electron chi connectivity index (χ1n) is 8.40. The van der Waals surface area contributed by atoms with Crippen molar-refractivity contribution in [3.63, 3.8) is 0 Å². The fourth-order valence-electron chi connectivity index (χ4n) is 3.55. The molecule has 2 aliphatic rings.